The van der Waals surface area contributed by atoms with E-state index in [1.54, 1.807) is 12.2 Å². The minimum absolute atomic E-state index is 0. The minimum atomic E-state index is 0. The van der Waals surface area contributed by atoms with Crippen LogP contribution < -0.4 is 0 Å². The summed E-state index contributed by atoms with van der Waals surface area (Å²) >= 11 is 0. The van der Waals surface area contributed by atoms with Gasteiger partial charge in [-0.1, -0.05) is 25.3 Å². The molecule has 6 heteroatoms. The third-order valence-corrected chi connectivity index (χ3v) is 0.167. The zero-order chi connectivity index (χ0) is 3.41. The first-order valence-electron chi connectivity index (χ1n) is 1.15. The molecule has 0 amide bonds. The van der Waals surface area contributed by atoms with Crippen LogP contribution in [0.5, 0.6) is 0 Å². The predicted molar refractivity (Wildman–Crippen MR) is 35.4 cm³/mol. The lowest BCUT2D eigenvalue weighted by Gasteiger charge is -1.44. The highest BCUT2D eigenvalue weighted by atomic mass is 19.0. The van der Waals surface area contributed by atoms with Crippen LogP contribution in [-0.4, -0.2) is 0 Å². The first kappa shape index (κ1) is 139. The molecule has 0 aliphatic carbocycles. The van der Waals surface area contributed by atoms with Crippen LogP contribution in [0.2, 0.25) is 0 Å². The third-order valence-electron chi connectivity index (χ3n) is 0.167. The maximum Gasteiger partial charge on any atom is -0.0701 e. The normalized spacial score (nSPS) is 2.00. The molecule has 0 aromatic heterocycles. The lowest BCUT2D eigenvalue weighted by atomic mass is 10.6. The molecule has 0 saturated heterocycles. The summed E-state index contributed by atoms with van der Waals surface area (Å²) in [6.45, 7) is 6.72. The average Bonchev–Trinajstić information content (AvgIpc) is 1.37. The van der Waals surface area contributed by atoms with Crippen molar-refractivity contribution in [2.45, 2.75) is 0 Å². The van der Waals surface area contributed by atoms with Crippen LogP contribution in [0, 0.1) is 0 Å². The van der Waals surface area contributed by atoms with Crippen molar-refractivity contribution in [2.75, 3.05) is 0 Å². The van der Waals surface area contributed by atoms with E-state index in [2.05, 4.69) is 13.2 Å². The van der Waals surface area contributed by atoms with E-state index in [1.165, 1.54) is 0 Å². The number of hydrogen-bond donors (Lipinski definition) is 0. The van der Waals surface area contributed by atoms with Gasteiger partial charge in [0.05, 0.1) is 0 Å². The molecule has 0 saturated carbocycles. The summed E-state index contributed by atoms with van der Waals surface area (Å²) in [5.41, 5.74) is 0. The number of halogens is 6. The smallest absolute Gasteiger partial charge is 0.0701 e. The Morgan fingerprint density at radius 1 is 0.500 bits per heavy atom. The Labute approximate surface area is 54.8 Å². The lowest BCUT2D eigenvalue weighted by Crippen LogP contribution is -1.21. The van der Waals surface area contributed by atoms with Gasteiger partial charge in [0.2, 0.25) is 0 Å². The molecular weight excluding hydrogens is 162 g/mol. The van der Waals surface area contributed by atoms with Crippen molar-refractivity contribution < 1.29 is 28.2 Å². The second kappa shape index (κ2) is 358. The van der Waals surface area contributed by atoms with E-state index in [-0.39, 0.29) is 28.2 Å². The van der Waals surface area contributed by atoms with Crippen molar-refractivity contribution in [3.8, 4) is 0 Å². The summed E-state index contributed by atoms with van der Waals surface area (Å²) < 4.78 is 0. The van der Waals surface area contributed by atoms with E-state index in [9.17, 15) is 0 Å². The van der Waals surface area contributed by atoms with Gasteiger partial charge in [0.15, 0.2) is 0 Å². The maximum atomic E-state index is 3.36. The highest BCUT2D eigenvalue weighted by Gasteiger charge is 1.29. The summed E-state index contributed by atoms with van der Waals surface area (Å²) in [4.78, 5) is 0. The Morgan fingerprint density at radius 2 is 0.600 bits per heavy atom. The van der Waals surface area contributed by atoms with Gasteiger partial charge >= 0.3 is 0 Å². The van der Waals surface area contributed by atoms with Gasteiger partial charge < -0.3 is 0 Å². The van der Waals surface area contributed by atoms with Crippen molar-refractivity contribution in [2.24, 2.45) is 0 Å². The topological polar surface area (TPSA) is 0 Å². The van der Waals surface area contributed by atoms with Crippen LogP contribution in [-0.2, 0) is 0 Å². The summed E-state index contributed by atoms with van der Waals surface area (Å²) in [5.74, 6) is 0. The molecule has 0 aromatic rings. The van der Waals surface area contributed by atoms with E-state index in [4.69, 9.17) is 0 Å². The van der Waals surface area contributed by atoms with Crippen molar-refractivity contribution in [1.29, 1.82) is 0 Å². The standard InChI is InChI=1S/C4H6.6FH/c1-3-4-2;;;;;;/h3-4H,1-2H2;6*1H. The SMILES string of the molecule is C=CC=C.F.F.F.F.F.F. The Bertz CT molecular complexity index is 30.7. The molecule has 0 heterocycles. The summed E-state index contributed by atoms with van der Waals surface area (Å²) in [6.07, 6.45) is 3.28. The second-order valence-corrected chi connectivity index (χ2v) is 0.471. The van der Waals surface area contributed by atoms with Gasteiger partial charge in [0.1, 0.15) is 0 Å². The number of rotatable bonds is 1. The fraction of sp³-hybridized carbons (Fsp3) is 0. The largest absolute Gasteiger partial charge is 0.269 e. The molecule has 10 heavy (non-hydrogen) atoms. The van der Waals surface area contributed by atoms with Gasteiger partial charge in [-0.3, -0.25) is 28.2 Å². The number of allylic oxidation sites excluding steroid dienone is 2. The highest BCUT2D eigenvalue weighted by molar-refractivity contribution is 4.88. The minimum Gasteiger partial charge on any atom is -0.269 e. The predicted octanol–water partition coefficient (Wildman–Crippen LogP) is 2.27. The van der Waals surface area contributed by atoms with Crippen LogP contribution in [0.25, 0.3) is 0 Å². The molecule has 0 aromatic carbocycles. The van der Waals surface area contributed by atoms with Gasteiger partial charge in [0.25, 0.3) is 0 Å². The molecule has 0 aliphatic heterocycles. The van der Waals surface area contributed by atoms with E-state index >= 15 is 0 Å². The summed E-state index contributed by atoms with van der Waals surface area (Å²) in [6, 6.07) is 0. The van der Waals surface area contributed by atoms with Gasteiger partial charge in [-0.05, 0) is 0 Å². The number of hydrogen-bond acceptors (Lipinski definition) is 0. The summed E-state index contributed by atoms with van der Waals surface area (Å²) in [7, 11) is 0. The molecule has 0 spiro atoms. The average molecular weight is 174 g/mol. The van der Waals surface area contributed by atoms with Crippen molar-refractivity contribution >= 4 is 0 Å². The van der Waals surface area contributed by atoms with Gasteiger partial charge in [-0.25, -0.2) is 0 Å². The molecule has 0 aliphatic rings. The fourth-order valence-corrected chi connectivity index (χ4v) is 0. The molecule has 0 fully saturated rings. The molecule has 0 nitrogen and oxygen atoms in total. The zero-order valence-corrected chi connectivity index (χ0v) is 5.02. The van der Waals surface area contributed by atoms with Crippen LogP contribution >= 0.6 is 0 Å². The molecule has 0 unspecified atom stereocenters. The van der Waals surface area contributed by atoms with Crippen molar-refractivity contribution in [3.05, 3.63) is 25.3 Å². The fourth-order valence-electron chi connectivity index (χ4n) is 0. The molecule has 0 N–H and O–H groups in total. The molecular formula is C4H12F6. The van der Waals surface area contributed by atoms with Gasteiger partial charge in [0, 0.05) is 0 Å². The van der Waals surface area contributed by atoms with E-state index in [0.717, 1.165) is 0 Å². The molecule has 0 bridgehead atoms. The lowest BCUT2D eigenvalue weighted by molar-refractivity contribution is 1.11. The maximum absolute atomic E-state index is 3.36. The summed E-state index contributed by atoms with van der Waals surface area (Å²) in [5, 5.41) is 0. The molecule has 70 valence electrons. The highest BCUT2D eigenvalue weighted by Crippen LogP contribution is 1.52. The Kier molecular flexibility index (Phi) is 4960. The molecule has 0 rings (SSSR count). The zero-order valence-electron chi connectivity index (χ0n) is 5.02. The Hall–Kier alpha value is -0.940. The first-order valence-corrected chi connectivity index (χ1v) is 1.15. The monoisotopic (exact) mass is 174 g/mol. The quantitative estimate of drug-likeness (QED) is 0.422. The van der Waals surface area contributed by atoms with E-state index in [1.807, 2.05) is 0 Å². The van der Waals surface area contributed by atoms with Crippen LogP contribution in [0.1, 0.15) is 0 Å². The Balaban J connectivity index is -0.00000000300. The van der Waals surface area contributed by atoms with Crippen molar-refractivity contribution in [3.63, 3.8) is 0 Å². The van der Waals surface area contributed by atoms with Crippen LogP contribution in [0.4, 0.5) is 28.2 Å². The Morgan fingerprint density at radius 3 is 0.600 bits per heavy atom. The third kappa shape index (κ3) is 72000. The van der Waals surface area contributed by atoms with Gasteiger partial charge in [-0.15, -0.1) is 0 Å². The van der Waals surface area contributed by atoms with E-state index in [0.29, 0.717) is 0 Å². The van der Waals surface area contributed by atoms with Crippen LogP contribution in [0.15, 0.2) is 25.3 Å². The van der Waals surface area contributed by atoms with Crippen LogP contribution in [0.3, 0.4) is 0 Å². The van der Waals surface area contributed by atoms with E-state index < -0.39 is 0 Å². The van der Waals surface area contributed by atoms with Crippen molar-refractivity contribution in [1.82, 2.24) is 0 Å². The molecule has 0 atom stereocenters. The molecule has 0 radical (unpaired) electrons. The van der Waals surface area contributed by atoms with Gasteiger partial charge in [-0.2, -0.15) is 0 Å². The first-order chi connectivity index (χ1) is 1.91. The second-order valence-electron chi connectivity index (χ2n) is 0.471.